The predicted molar refractivity (Wildman–Crippen MR) is 98.4 cm³/mol. The zero-order chi connectivity index (χ0) is 17.4. The molecule has 0 aliphatic rings. The number of anilines is 1. The number of nitrogens with one attached hydrogen (secondary N) is 1. The second kappa shape index (κ2) is 9.13. The third-order valence-electron chi connectivity index (χ3n) is 3.27. The second-order valence-corrected chi connectivity index (χ2v) is 6.31. The van der Waals surface area contributed by atoms with E-state index < -0.39 is 0 Å². The van der Waals surface area contributed by atoms with E-state index in [1.165, 1.54) is 11.8 Å². The summed E-state index contributed by atoms with van der Waals surface area (Å²) in [6.07, 6.45) is 0. The SMILES string of the molecule is CCOC(=O)c1ccc(CSCC(=O)Nc2cccc(C)c2)cc1. The van der Waals surface area contributed by atoms with E-state index in [4.69, 9.17) is 4.74 Å². The van der Waals surface area contributed by atoms with Crippen LogP contribution in [0.25, 0.3) is 0 Å². The van der Waals surface area contributed by atoms with Crippen molar-refractivity contribution in [2.45, 2.75) is 19.6 Å². The van der Waals surface area contributed by atoms with E-state index in [0.29, 0.717) is 23.7 Å². The molecule has 2 aromatic rings. The van der Waals surface area contributed by atoms with E-state index >= 15 is 0 Å². The van der Waals surface area contributed by atoms with Gasteiger partial charge in [-0.15, -0.1) is 11.8 Å². The largest absolute Gasteiger partial charge is 0.462 e. The van der Waals surface area contributed by atoms with Gasteiger partial charge in [0.2, 0.25) is 5.91 Å². The molecule has 0 fully saturated rings. The first-order valence-electron chi connectivity index (χ1n) is 7.79. The summed E-state index contributed by atoms with van der Waals surface area (Å²) in [4.78, 5) is 23.5. The number of carbonyl (C=O) groups excluding carboxylic acids is 2. The molecule has 0 saturated heterocycles. The number of amides is 1. The molecule has 0 spiro atoms. The van der Waals surface area contributed by atoms with Crippen molar-refractivity contribution in [3.63, 3.8) is 0 Å². The molecule has 1 N–H and O–H groups in total. The van der Waals surface area contributed by atoms with Crippen molar-refractivity contribution < 1.29 is 14.3 Å². The highest BCUT2D eigenvalue weighted by atomic mass is 32.2. The highest BCUT2D eigenvalue weighted by Gasteiger charge is 2.06. The Hall–Kier alpha value is -2.27. The van der Waals surface area contributed by atoms with E-state index in [2.05, 4.69) is 5.32 Å². The molecule has 24 heavy (non-hydrogen) atoms. The number of hydrogen-bond acceptors (Lipinski definition) is 4. The molecule has 0 heterocycles. The lowest BCUT2D eigenvalue weighted by atomic mass is 10.1. The lowest BCUT2D eigenvalue weighted by Gasteiger charge is -2.06. The van der Waals surface area contributed by atoms with Crippen LogP contribution < -0.4 is 5.32 Å². The van der Waals surface area contributed by atoms with Crippen molar-refractivity contribution >= 4 is 29.3 Å². The Balaban J connectivity index is 1.77. The Kier molecular flexibility index (Phi) is 6.88. The summed E-state index contributed by atoms with van der Waals surface area (Å²) in [6, 6.07) is 15.0. The van der Waals surface area contributed by atoms with E-state index in [1.807, 2.05) is 43.3 Å². The zero-order valence-corrected chi connectivity index (χ0v) is 14.7. The Morgan fingerprint density at radius 3 is 2.54 bits per heavy atom. The first kappa shape index (κ1) is 18.1. The molecule has 0 radical (unpaired) electrons. The second-order valence-electron chi connectivity index (χ2n) is 5.33. The van der Waals surface area contributed by atoms with Gasteiger partial charge in [0.25, 0.3) is 0 Å². The number of esters is 1. The van der Waals surface area contributed by atoms with Crippen molar-refractivity contribution in [3.05, 3.63) is 65.2 Å². The first-order chi connectivity index (χ1) is 11.6. The molecule has 0 saturated carbocycles. The maximum atomic E-state index is 11.9. The van der Waals surface area contributed by atoms with Crippen molar-refractivity contribution in [2.24, 2.45) is 0 Å². The van der Waals surface area contributed by atoms with Gasteiger partial charge in [-0.3, -0.25) is 4.79 Å². The van der Waals surface area contributed by atoms with E-state index in [0.717, 1.165) is 16.8 Å². The van der Waals surface area contributed by atoms with Gasteiger partial charge in [-0.05, 0) is 49.2 Å². The molecule has 2 aromatic carbocycles. The van der Waals surface area contributed by atoms with E-state index in [-0.39, 0.29) is 11.9 Å². The number of benzene rings is 2. The molecule has 0 aromatic heterocycles. The number of hydrogen-bond donors (Lipinski definition) is 1. The smallest absolute Gasteiger partial charge is 0.338 e. The van der Waals surface area contributed by atoms with Gasteiger partial charge in [0.15, 0.2) is 0 Å². The fraction of sp³-hybridized carbons (Fsp3) is 0.263. The van der Waals surface area contributed by atoms with Crippen molar-refractivity contribution in [1.29, 1.82) is 0 Å². The van der Waals surface area contributed by atoms with Crippen molar-refractivity contribution in [1.82, 2.24) is 0 Å². The summed E-state index contributed by atoms with van der Waals surface area (Å²) in [5, 5.41) is 2.89. The summed E-state index contributed by atoms with van der Waals surface area (Å²) in [7, 11) is 0. The van der Waals surface area contributed by atoms with E-state index in [1.54, 1.807) is 19.1 Å². The quantitative estimate of drug-likeness (QED) is 0.771. The van der Waals surface area contributed by atoms with Crippen LogP contribution in [-0.2, 0) is 15.3 Å². The molecule has 2 rings (SSSR count). The Morgan fingerprint density at radius 2 is 1.88 bits per heavy atom. The molecule has 126 valence electrons. The van der Waals surface area contributed by atoms with Gasteiger partial charge >= 0.3 is 5.97 Å². The summed E-state index contributed by atoms with van der Waals surface area (Å²) >= 11 is 1.53. The predicted octanol–water partition coefficient (Wildman–Crippen LogP) is 4.04. The van der Waals surface area contributed by atoms with Crippen molar-refractivity contribution in [2.75, 3.05) is 17.7 Å². The minimum atomic E-state index is -0.311. The third-order valence-corrected chi connectivity index (χ3v) is 4.27. The van der Waals surface area contributed by atoms with Crippen LogP contribution in [0.2, 0.25) is 0 Å². The summed E-state index contributed by atoms with van der Waals surface area (Å²) in [5.41, 5.74) is 3.54. The molecule has 0 bridgehead atoms. The number of ether oxygens (including phenoxy) is 1. The Morgan fingerprint density at radius 1 is 1.12 bits per heavy atom. The standard InChI is InChI=1S/C19H21NO3S/c1-3-23-19(22)16-9-7-15(8-10-16)12-24-13-18(21)20-17-6-4-5-14(2)11-17/h4-11H,3,12-13H2,1-2H3,(H,20,21). The van der Waals surface area contributed by atoms with Gasteiger partial charge in [0.05, 0.1) is 17.9 Å². The van der Waals surface area contributed by atoms with Gasteiger partial charge in [-0.1, -0.05) is 24.3 Å². The fourth-order valence-corrected chi connectivity index (χ4v) is 2.92. The Bertz CT molecular complexity index is 698. The van der Waals surface area contributed by atoms with Crippen LogP contribution in [-0.4, -0.2) is 24.2 Å². The Labute approximate surface area is 146 Å². The number of thioether (sulfide) groups is 1. The average molecular weight is 343 g/mol. The monoisotopic (exact) mass is 343 g/mol. The minimum Gasteiger partial charge on any atom is -0.462 e. The molecule has 0 atom stereocenters. The third kappa shape index (κ3) is 5.74. The van der Waals surface area contributed by atoms with Crippen LogP contribution in [0, 0.1) is 6.92 Å². The van der Waals surface area contributed by atoms with Crippen LogP contribution in [0.1, 0.15) is 28.4 Å². The van der Waals surface area contributed by atoms with Crippen LogP contribution in [0.5, 0.6) is 0 Å². The topological polar surface area (TPSA) is 55.4 Å². The lowest BCUT2D eigenvalue weighted by molar-refractivity contribution is -0.113. The summed E-state index contributed by atoms with van der Waals surface area (Å²) < 4.78 is 4.95. The highest BCUT2D eigenvalue weighted by molar-refractivity contribution is 7.99. The highest BCUT2D eigenvalue weighted by Crippen LogP contribution is 2.15. The molecule has 4 nitrogen and oxygen atoms in total. The van der Waals surface area contributed by atoms with Crippen molar-refractivity contribution in [3.8, 4) is 0 Å². The molecule has 0 aliphatic heterocycles. The van der Waals surface area contributed by atoms with Crippen LogP contribution in [0.15, 0.2) is 48.5 Å². The number of aryl methyl sites for hydroxylation is 1. The van der Waals surface area contributed by atoms with E-state index in [9.17, 15) is 9.59 Å². The average Bonchev–Trinajstić information content (AvgIpc) is 2.55. The summed E-state index contributed by atoms with van der Waals surface area (Å²) in [5.74, 6) is 0.765. The fourth-order valence-electron chi connectivity index (χ4n) is 2.13. The van der Waals surface area contributed by atoms with Gasteiger partial charge in [0, 0.05) is 11.4 Å². The molecule has 0 unspecified atom stereocenters. The molecule has 5 heteroatoms. The number of rotatable bonds is 7. The zero-order valence-electron chi connectivity index (χ0n) is 13.9. The van der Waals surface area contributed by atoms with Gasteiger partial charge < -0.3 is 10.1 Å². The van der Waals surface area contributed by atoms with Crippen LogP contribution >= 0.6 is 11.8 Å². The van der Waals surface area contributed by atoms with Gasteiger partial charge in [-0.2, -0.15) is 0 Å². The maximum Gasteiger partial charge on any atom is 0.338 e. The van der Waals surface area contributed by atoms with Gasteiger partial charge in [-0.25, -0.2) is 4.79 Å². The van der Waals surface area contributed by atoms with Crippen LogP contribution in [0.4, 0.5) is 5.69 Å². The van der Waals surface area contributed by atoms with Crippen LogP contribution in [0.3, 0.4) is 0 Å². The molecular formula is C19H21NO3S. The molecular weight excluding hydrogens is 322 g/mol. The number of carbonyl (C=O) groups is 2. The lowest BCUT2D eigenvalue weighted by Crippen LogP contribution is -2.14. The first-order valence-corrected chi connectivity index (χ1v) is 8.94. The molecule has 1 amide bonds. The minimum absolute atomic E-state index is 0.0197. The maximum absolute atomic E-state index is 11.9. The molecule has 0 aliphatic carbocycles. The summed E-state index contributed by atoms with van der Waals surface area (Å²) in [6.45, 7) is 4.14. The van der Waals surface area contributed by atoms with Gasteiger partial charge in [0.1, 0.15) is 0 Å². The normalized spacial score (nSPS) is 10.2.